The highest BCUT2D eigenvalue weighted by Crippen LogP contribution is 2.32. The number of aromatic hydroxyl groups is 1. The van der Waals surface area contributed by atoms with Crippen molar-refractivity contribution in [2.75, 3.05) is 0 Å². The number of halogens is 3. The molecular formula is C10H14Br2ClNO. The van der Waals surface area contributed by atoms with E-state index in [4.69, 9.17) is 5.73 Å². The van der Waals surface area contributed by atoms with E-state index in [1.165, 1.54) is 0 Å². The van der Waals surface area contributed by atoms with Crippen LogP contribution in [0.1, 0.15) is 18.9 Å². The predicted molar refractivity (Wildman–Crippen MR) is 72.7 cm³/mol. The molecule has 0 aliphatic rings. The molecule has 0 fully saturated rings. The minimum absolute atomic E-state index is 0. The summed E-state index contributed by atoms with van der Waals surface area (Å²) in [5, 5.41) is 9.74. The lowest BCUT2D eigenvalue weighted by atomic mass is 10.0. The average molecular weight is 359 g/mol. The number of phenols is 1. The van der Waals surface area contributed by atoms with E-state index in [0.29, 0.717) is 10.9 Å². The Morgan fingerprint density at radius 3 is 2.53 bits per heavy atom. The van der Waals surface area contributed by atoms with Crippen LogP contribution in [-0.4, -0.2) is 11.1 Å². The van der Waals surface area contributed by atoms with Crippen LogP contribution in [0.4, 0.5) is 0 Å². The van der Waals surface area contributed by atoms with Gasteiger partial charge in [0.1, 0.15) is 5.75 Å². The van der Waals surface area contributed by atoms with Gasteiger partial charge in [-0.2, -0.15) is 0 Å². The zero-order chi connectivity index (χ0) is 10.7. The van der Waals surface area contributed by atoms with Crippen molar-refractivity contribution in [2.45, 2.75) is 25.8 Å². The summed E-state index contributed by atoms with van der Waals surface area (Å²) in [6.07, 6.45) is 1.60. The highest BCUT2D eigenvalue weighted by molar-refractivity contribution is 9.11. The standard InChI is InChI=1S/C10H13Br2NO.ClH/c1-2-8(13)4-6-3-7(11)5-9(12)10(6)14;/h3,5,8,14H,2,4,13H2,1H3;1H. The number of benzene rings is 1. The van der Waals surface area contributed by atoms with Crippen molar-refractivity contribution in [2.24, 2.45) is 5.73 Å². The van der Waals surface area contributed by atoms with Crippen LogP contribution in [0.3, 0.4) is 0 Å². The SMILES string of the molecule is CCC(N)Cc1cc(Br)cc(Br)c1O.Cl. The van der Waals surface area contributed by atoms with Crippen molar-refractivity contribution < 1.29 is 5.11 Å². The summed E-state index contributed by atoms with van der Waals surface area (Å²) in [5.74, 6) is 0.289. The first-order valence-corrected chi connectivity index (χ1v) is 6.05. The second-order valence-corrected chi connectivity index (χ2v) is 5.04. The van der Waals surface area contributed by atoms with Crippen LogP contribution in [0.5, 0.6) is 5.75 Å². The van der Waals surface area contributed by atoms with Gasteiger partial charge < -0.3 is 10.8 Å². The van der Waals surface area contributed by atoms with E-state index in [0.717, 1.165) is 16.5 Å². The molecule has 0 radical (unpaired) electrons. The highest BCUT2D eigenvalue weighted by Gasteiger charge is 2.10. The largest absolute Gasteiger partial charge is 0.506 e. The topological polar surface area (TPSA) is 46.2 Å². The Hall–Kier alpha value is 0.230. The molecule has 1 rings (SSSR count). The minimum Gasteiger partial charge on any atom is -0.506 e. The van der Waals surface area contributed by atoms with Crippen LogP contribution in [0.2, 0.25) is 0 Å². The van der Waals surface area contributed by atoms with Crippen molar-refractivity contribution >= 4 is 44.3 Å². The fourth-order valence-corrected chi connectivity index (χ4v) is 2.52. The van der Waals surface area contributed by atoms with Gasteiger partial charge in [0.05, 0.1) is 4.47 Å². The van der Waals surface area contributed by atoms with Gasteiger partial charge in [-0.1, -0.05) is 22.9 Å². The molecule has 0 amide bonds. The summed E-state index contributed by atoms with van der Waals surface area (Å²) in [4.78, 5) is 0. The van der Waals surface area contributed by atoms with E-state index in [1.807, 2.05) is 19.1 Å². The van der Waals surface area contributed by atoms with Gasteiger partial charge >= 0.3 is 0 Å². The molecule has 1 unspecified atom stereocenters. The molecule has 15 heavy (non-hydrogen) atoms. The fraction of sp³-hybridized carbons (Fsp3) is 0.400. The Balaban J connectivity index is 0.00000196. The summed E-state index contributed by atoms with van der Waals surface area (Å²) < 4.78 is 1.64. The summed E-state index contributed by atoms with van der Waals surface area (Å²) in [6, 6.07) is 3.81. The first kappa shape index (κ1) is 15.2. The molecule has 0 heterocycles. The molecule has 0 aromatic heterocycles. The number of phenolic OH excluding ortho intramolecular Hbond substituents is 1. The van der Waals surface area contributed by atoms with Crippen LogP contribution in [0, 0.1) is 0 Å². The predicted octanol–water partition coefficient (Wildman–Crippen LogP) is 3.62. The maximum Gasteiger partial charge on any atom is 0.133 e. The third kappa shape index (κ3) is 4.31. The van der Waals surface area contributed by atoms with E-state index in [1.54, 1.807) is 0 Å². The second-order valence-electron chi connectivity index (χ2n) is 3.27. The Morgan fingerprint density at radius 2 is 2.00 bits per heavy atom. The average Bonchev–Trinajstić information content (AvgIpc) is 2.13. The number of nitrogens with two attached hydrogens (primary N) is 1. The summed E-state index contributed by atoms with van der Waals surface area (Å²) in [6.45, 7) is 2.04. The zero-order valence-corrected chi connectivity index (χ0v) is 12.3. The number of rotatable bonds is 3. The van der Waals surface area contributed by atoms with Crippen molar-refractivity contribution in [3.8, 4) is 5.75 Å². The molecule has 1 atom stereocenters. The smallest absolute Gasteiger partial charge is 0.133 e. The van der Waals surface area contributed by atoms with E-state index in [2.05, 4.69) is 31.9 Å². The summed E-state index contributed by atoms with van der Waals surface area (Å²) in [5.41, 5.74) is 6.71. The van der Waals surface area contributed by atoms with Gasteiger partial charge in [-0.05, 0) is 46.5 Å². The first-order valence-electron chi connectivity index (χ1n) is 4.47. The Kier molecular flexibility index (Phi) is 6.84. The molecule has 0 saturated carbocycles. The molecular weight excluding hydrogens is 345 g/mol. The van der Waals surface area contributed by atoms with E-state index in [-0.39, 0.29) is 24.2 Å². The van der Waals surface area contributed by atoms with Crippen molar-refractivity contribution in [3.05, 3.63) is 26.6 Å². The number of hydrogen-bond donors (Lipinski definition) is 2. The molecule has 3 N–H and O–H groups in total. The molecule has 1 aromatic rings. The molecule has 2 nitrogen and oxygen atoms in total. The van der Waals surface area contributed by atoms with Gasteiger partial charge in [0.2, 0.25) is 0 Å². The van der Waals surface area contributed by atoms with Gasteiger partial charge in [0.15, 0.2) is 0 Å². The van der Waals surface area contributed by atoms with Gasteiger partial charge in [0.25, 0.3) is 0 Å². The highest BCUT2D eigenvalue weighted by atomic mass is 79.9. The third-order valence-electron chi connectivity index (χ3n) is 2.11. The first-order chi connectivity index (χ1) is 6.54. The Labute approximate surface area is 113 Å². The zero-order valence-electron chi connectivity index (χ0n) is 8.34. The van der Waals surface area contributed by atoms with Crippen LogP contribution >= 0.6 is 44.3 Å². The molecule has 0 aliphatic heterocycles. The lowest BCUT2D eigenvalue weighted by Gasteiger charge is -2.11. The molecule has 5 heteroatoms. The van der Waals surface area contributed by atoms with Crippen LogP contribution in [-0.2, 0) is 6.42 Å². The lowest BCUT2D eigenvalue weighted by molar-refractivity contribution is 0.460. The van der Waals surface area contributed by atoms with Gasteiger partial charge in [-0.3, -0.25) is 0 Å². The number of hydrogen-bond acceptors (Lipinski definition) is 2. The van der Waals surface area contributed by atoms with Gasteiger partial charge in [-0.15, -0.1) is 12.4 Å². The van der Waals surface area contributed by atoms with E-state index >= 15 is 0 Å². The van der Waals surface area contributed by atoms with E-state index in [9.17, 15) is 5.11 Å². The minimum atomic E-state index is 0. The molecule has 0 spiro atoms. The molecule has 86 valence electrons. The summed E-state index contributed by atoms with van der Waals surface area (Å²) >= 11 is 6.66. The third-order valence-corrected chi connectivity index (χ3v) is 3.18. The van der Waals surface area contributed by atoms with Gasteiger partial charge in [0, 0.05) is 10.5 Å². The fourth-order valence-electron chi connectivity index (χ4n) is 1.20. The Morgan fingerprint density at radius 1 is 1.40 bits per heavy atom. The van der Waals surface area contributed by atoms with Crippen LogP contribution < -0.4 is 5.73 Å². The van der Waals surface area contributed by atoms with E-state index < -0.39 is 0 Å². The van der Waals surface area contributed by atoms with Crippen molar-refractivity contribution in [3.63, 3.8) is 0 Å². The Bertz CT molecular complexity index is 333. The molecule has 0 saturated heterocycles. The maximum absolute atomic E-state index is 9.74. The van der Waals surface area contributed by atoms with Crippen molar-refractivity contribution in [1.82, 2.24) is 0 Å². The molecule has 0 bridgehead atoms. The summed E-state index contributed by atoms with van der Waals surface area (Å²) in [7, 11) is 0. The van der Waals surface area contributed by atoms with Crippen LogP contribution in [0.25, 0.3) is 0 Å². The monoisotopic (exact) mass is 357 g/mol. The quantitative estimate of drug-likeness (QED) is 0.866. The normalized spacial score (nSPS) is 12.0. The maximum atomic E-state index is 9.74. The molecule has 1 aromatic carbocycles. The lowest BCUT2D eigenvalue weighted by Crippen LogP contribution is -2.21. The van der Waals surface area contributed by atoms with Gasteiger partial charge in [-0.25, -0.2) is 0 Å². The van der Waals surface area contributed by atoms with Crippen LogP contribution in [0.15, 0.2) is 21.1 Å². The molecule has 0 aliphatic carbocycles. The van der Waals surface area contributed by atoms with Crippen molar-refractivity contribution in [1.29, 1.82) is 0 Å². The second kappa shape index (κ2) is 6.74.